The normalized spacial score (nSPS) is 18.7. The lowest BCUT2D eigenvalue weighted by molar-refractivity contribution is -0.120. The fraction of sp³-hybridized carbons (Fsp3) is 0.444. The number of hydrogen-bond donors (Lipinski definition) is 1. The lowest BCUT2D eigenvalue weighted by Gasteiger charge is -2.30. The molecule has 1 aliphatic rings. The van der Waals surface area contributed by atoms with E-state index in [1.165, 1.54) is 10.6 Å². The molecular weight excluding hydrogens is 354 g/mol. The predicted molar refractivity (Wildman–Crippen MR) is 99.2 cm³/mol. The van der Waals surface area contributed by atoms with Crippen LogP contribution in [0.3, 0.4) is 0 Å². The molecule has 1 saturated heterocycles. The number of nitrogens with one attached hydrogen (secondary N) is 1. The molecule has 0 aliphatic carbocycles. The molecule has 7 nitrogen and oxygen atoms in total. The Morgan fingerprint density at radius 2 is 2.12 bits per heavy atom. The van der Waals surface area contributed by atoms with Crippen LogP contribution in [0.4, 0.5) is 5.69 Å². The number of carbonyl (C=O) groups excluding carboxylic acids is 1. The van der Waals surface area contributed by atoms with Crippen molar-refractivity contribution in [1.82, 2.24) is 9.29 Å². The first-order valence-corrected chi connectivity index (χ1v) is 10.4. The van der Waals surface area contributed by atoms with Crippen molar-refractivity contribution in [2.75, 3.05) is 24.7 Å². The van der Waals surface area contributed by atoms with E-state index in [1.807, 2.05) is 26.0 Å². The molecule has 1 N–H and O–H groups in total. The molecule has 1 aliphatic heterocycles. The third-order valence-corrected chi connectivity index (χ3v) is 5.90. The molecule has 2 aromatic rings. The van der Waals surface area contributed by atoms with E-state index in [9.17, 15) is 13.2 Å². The minimum Gasteiger partial charge on any atom is -0.441 e. The summed E-state index contributed by atoms with van der Waals surface area (Å²) in [7, 11) is -3.28. The molecule has 0 saturated carbocycles. The maximum absolute atomic E-state index is 12.6. The number of aryl methyl sites for hydroxylation is 2. The first-order chi connectivity index (χ1) is 12.2. The molecule has 0 bridgehead atoms. The number of sulfonamides is 1. The number of piperidine rings is 1. The van der Waals surface area contributed by atoms with E-state index < -0.39 is 10.0 Å². The van der Waals surface area contributed by atoms with Crippen LogP contribution in [-0.4, -0.2) is 43.0 Å². The van der Waals surface area contributed by atoms with Crippen LogP contribution in [0.5, 0.6) is 0 Å². The van der Waals surface area contributed by atoms with Gasteiger partial charge in [-0.1, -0.05) is 6.07 Å². The van der Waals surface area contributed by atoms with Gasteiger partial charge >= 0.3 is 0 Å². The number of benzene rings is 1. The molecule has 140 valence electrons. The number of aromatic nitrogens is 1. The Bertz CT molecular complexity index is 901. The van der Waals surface area contributed by atoms with E-state index in [1.54, 1.807) is 12.1 Å². The van der Waals surface area contributed by atoms with Gasteiger partial charge in [0.05, 0.1) is 17.9 Å². The Balaban J connectivity index is 1.72. The van der Waals surface area contributed by atoms with Crippen molar-refractivity contribution in [2.24, 2.45) is 5.92 Å². The fourth-order valence-electron chi connectivity index (χ4n) is 3.03. The Morgan fingerprint density at radius 3 is 2.77 bits per heavy atom. The Morgan fingerprint density at radius 1 is 1.35 bits per heavy atom. The lowest BCUT2D eigenvalue weighted by Crippen LogP contribution is -2.43. The maximum atomic E-state index is 12.6. The summed E-state index contributed by atoms with van der Waals surface area (Å²) in [6.45, 7) is 4.43. The van der Waals surface area contributed by atoms with E-state index in [2.05, 4.69) is 10.3 Å². The van der Waals surface area contributed by atoms with Crippen molar-refractivity contribution >= 4 is 21.6 Å². The number of amides is 1. The van der Waals surface area contributed by atoms with Gasteiger partial charge in [-0.3, -0.25) is 4.79 Å². The highest BCUT2D eigenvalue weighted by atomic mass is 32.2. The van der Waals surface area contributed by atoms with Gasteiger partial charge in [0.2, 0.25) is 21.8 Å². The van der Waals surface area contributed by atoms with Crippen LogP contribution in [0.15, 0.2) is 28.7 Å². The molecule has 0 spiro atoms. The van der Waals surface area contributed by atoms with Gasteiger partial charge in [0.1, 0.15) is 5.76 Å². The predicted octanol–water partition coefficient (Wildman–Crippen LogP) is 2.57. The highest BCUT2D eigenvalue weighted by Gasteiger charge is 2.30. The van der Waals surface area contributed by atoms with Gasteiger partial charge in [-0.25, -0.2) is 17.7 Å². The summed E-state index contributed by atoms with van der Waals surface area (Å²) >= 11 is 0. The van der Waals surface area contributed by atoms with E-state index in [0.717, 1.165) is 17.0 Å². The first kappa shape index (κ1) is 18.6. The molecular formula is C18H23N3O4S. The molecule has 1 aromatic carbocycles. The lowest BCUT2D eigenvalue weighted by atomic mass is 9.98. The zero-order chi connectivity index (χ0) is 18.9. The minimum absolute atomic E-state index is 0.171. The highest BCUT2D eigenvalue weighted by molar-refractivity contribution is 7.88. The Labute approximate surface area is 153 Å². The van der Waals surface area contributed by atoms with Crippen LogP contribution in [0.2, 0.25) is 0 Å². The first-order valence-electron chi connectivity index (χ1n) is 8.54. The third kappa shape index (κ3) is 4.13. The summed E-state index contributed by atoms with van der Waals surface area (Å²) in [4.78, 5) is 16.9. The molecule has 3 rings (SSSR count). The minimum atomic E-state index is -3.28. The molecule has 1 atom stereocenters. The third-order valence-electron chi connectivity index (χ3n) is 4.63. The summed E-state index contributed by atoms with van der Waals surface area (Å²) < 4.78 is 30.4. The number of hydrogen-bond acceptors (Lipinski definition) is 5. The number of nitrogens with zero attached hydrogens (tertiary/aromatic N) is 2. The number of anilines is 1. The van der Waals surface area contributed by atoms with E-state index >= 15 is 0 Å². The van der Waals surface area contributed by atoms with E-state index in [-0.39, 0.29) is 18.4 Å². The largest absolute Gasteiger partial charge is 0.441 e. The number of rotatable bonds is 4. The molecule has 1 unspecified atom stereocenters. The monoisotopic (exact) mass is 377 g/mol. The number of oxazole rings is 1. The zero-order valence-corrected chi connectivity index (χ0v) is 16.0. The van der Waals surface area contributed by atoms with Gasteiger partial charge in [0.25, 0.3) is 0 Å². The van der Waals surface area contributed by atoms with Crippen molar-refractivity contribution in [3.63, 3.8) is 0 Å². The second-order valence-electron chi connectivity index (χ2n) is 6.69. The van der Waals surface area contributed by atoms with Crippen molar-refractivity contribution in [3.8, 4) is 11.5 Å². The van der Waals surface area contributed by atoms with Crippen LogP contribution in [0.1, 0.15) is 24.3 Å². The van der Waals surface area contributed by atoms with Crippen molar-refractivity contribution in [1.29, 1.82) is 0 Å². The van der Waals surface area contributed by atoms with Crippen molar-refractivity contribution in [2.45, 2.75) is 26.7 Å². The van der Waals surface area contributed by atoms with Gasteiger partial charge in [0.15, 0.2) is 0 Å². The Kier molecular flexibility index (Phi) is 5.15. The van der Waals surface area contributed by atoms with Crippen molar-refractivity contribution in [3.05, 3.63) is 35.7 Å². The molecule has 0 radical (unpaired) electrons. The van der Waals surface area contributed by atoms with Gasteiger partial charge in [-0.05, 0) is 44.9 Å². The topological polar surface area (TPSA) is 92.5 Å². The van der Waals surface area contributed by atoms with Gasteiger partial charge in [0, 0.05) is 24.3 Å². The zero-order valence-electron chi connectivity index (χ0n) is 15.2. The smallest absolute Gasteiger partial charge is 0.228 e. The molecule has 1 amide bonds. The average molecular weight is 377 g/mol. The summed E-state index contributed by atoms with van der Waals surface area (Å²) in [6.07, 6.45) is 2.53. The molecule has 2 heterocycles. The van der Waals surface area contributed by atoms with Crippen LogP contribution in [0, 0.1) is 19.8 Å². The van der Waals surface area contributed by atoms with Crippen LogP contribution < -0.4 is 5.32 Å². The molecule has 1 aromatic heterocycles. The second kappa shape index (κ2) is 7.20. The van der Waals surface area contributed by atoms with Crippen molar-refractivity contribution < 1.29 is 17.6 Å². The average Bonchev–Trinajstić information content (AvgIpc) is 2.94. The molecule has 26 heavy (non-hydrogen) atoms. The Hall–Kier alpha value is -2.19. The number of carbonyl (C=O) groups is 1. The molecule has 8 heteroatoms. The van der Waals surface area contributed by atoms with Crippen LogP contribution in [0.25, 0.3) is 11.5 Å². The maximum Gasteiger partial charge on any atom is 0.228 e. The molecule has 1 fully saturated rings. The quantitative estimate of drug-likeness (QED) is 0.884. The van der Waals surface area contributed by atoms with Gasteiger partial charge < -0.3 is 9.73 Å². The summed E-state index contributed by atoms with van der Waals surface area (Å²) in [5.41, 5.74) is 2.25. The fourth-order valence-corrected chi connectivity index (χ4v) is 3.94. The SMILES string of the molecule is Cc1nc(-c2cccc(NC(=O)C3CCCN(S(C)(=O)=O)C3)c2)oc1C. The standard InChI is InChI=1S/C18H23N3O4S/c1-12-13(2)25-18(19-12)14-6-4-8-16(10-14)20-17(22)15-7-5-9-21(11-15)26(3,23)24/h4,6,8,10,15H,5,7,9,11H2,1-3H3,(H,20,22). The van der Waals surface area contributed by atoms with E-state index in [4.69, 9.17) is 4.42 Å². The summed E-state index contributed by atoms with van der Waals surface area (Å²) in [5, 5.41) is 2.89. The van der Waals surface area contributed by atoms with Crippen LogP contribution >= 0.6 is 0 Å². The van der Waals surface area contributed by atoms with Gasteiger partial charge in [-0.2, -0.15) is 0 Å². The second-order valence-corrected chi connectivity index (χ2v) is 8.67. The summed E-state index contributed by atoms with van der Waals surface area (Å²) in [6, 6.07) is 7.29. The van der Waals surface area contributed by atoms with Crippen LogP contribution in [-0.2, 0) is 14.8 Å². The van der Waals surface area contributed by atoms with Gasteiger partial charge in [-0.15, -0.1) is 0 Å². The highest BCUT2D eigenvalue weighted by Crippen LogP contribution is 2.25. The van der Waals surface area contributed by atoms with E-state index in [0.29, 0.717) is 31.0 Å². The summed E-state index contributed by atoms with van der Waals surface area (Å²) in [5.74, 6) is 0.748.